The van der Waals surface area contributed by atoms with E-state index in [2.05, 4.69) is 41.5 Å². The van der Waals surface area contributed by atoms with Gasteiger partial charge in [-0.05, 0) is 37.5 Å². The molecule has 0 aromatic rings. The number of carbonyl (C=O) groups is 4. The van der Waals surface area contributed by atoms with E-state index < -0.39 is 97.5 Å². The van der Waals surface area contributed by atoms with Crippen molar-refractivity contribution in [2.45, 2.75) is 407 Å². The van der Waals surface area contributed by atoms with E-state index in [0.29, 0.717) is 25.7 Å². The summed E-state index contributed by atoms with van der Waals surface area (Å²) in [7, 11) is -9.90. The fraction of sp³-hybridized carbons (Fsp3) is 0.947. The lowest BCUT2D eigenvalue weighted by Crippen LogP contribution is -2.30. The molecule has 0 saturated carbocycles. The maximum absolute atomic E-state index is 13.1. The number of phosphoric acid groups is 2. The van der Waals surface area contributed by atoms with E-state index in [9.17, 15) is 43.2 Å². The van der Waals surface area contributed by atoms with Gasteiger partial charge in [0.1, 0.15) is 19.3 Å². The fourth-order valence-electron chi connectivity index (χ4n) is 11.4. The predicted molar refractivity (Wildman–Crippen MR) is 381 cm³/mol. The van der Waals surface area contributed by atoms with Crippen molar-refractivity contribution in [3.05, 3.63) is 0 Å². The molecule has 0 fully saturated rings. The van der Waals surface area contributed by atoms with Gasteiger partial charge in [-0.25, -0.2) is 9.13 Å². The number of esters is 4. The van der Waals surface area contributed by atoms with Gasteiger partial charge in [-0.3, -0.25) is 37.3 Å². The van der Waals surface area contributed by atoms with Gasteiger partial charge in [0, 0.05) is 25.7 Å². The molecule has 0 aromatic heterocycles. The molecule has 0 saturated heterocycles. The zero-order chi connectivity index (χ0) is 69.3. The van der Waals surface area contributed by atoms with Crippen molar-refractivity contribution in [2.75, 3.05) is 39.6 Å². The van der Waals surface area contributed by atoms with Crippen molar-refractivity contribution >= 4 is 39.5 Å². The number of ether oxygens (including phenoxy) is 4. The number of aliphatic hydroxyl groups excluding tert-OH is 1. The van der Waals surface area contributed by atoms with E-state index in [1.165, 1.54) is 193 Å². The van der Waals surface area contributed by atoms with Crippen molar-refractivity contribution < 1.29 is 80.2 Å². The molecular weight excluding hydrogens is 1230 g/mol. The Morgan fingerprint density at radius 1 is 0.309 bits per heavy atom. The van der Waals surface area contributed by atoms with Gasteiger partial charge >= 0.3 is 39.5 Å². The average Bonchev–Trinajstić information content (AvgIpc) is 1.47. The third kappa shape index (κ3) is 67.3. The van der Waals surface area contributed by atoms with Crippen molar-refractivity contribution in [3.63, 3.8) is 0 Å². The Kier molecular flexibility index (Phi) is 65.5. The molecule has 0 amide bonds. The molecule has 17 nitrogen and oxygen atoms in total. The highest BCUT2D eigenvalue weighted by Crippen LogP contribution is 2.45. The molecule has 0 spiro atoms. The van der Waals surface area contributed by atoms with E-state index in [4.69, 9.17) is 37.0 Å². The zero-order valence-corrected chi connectivity index (χ0v) is 63.1. The van der Waals surface area contributed by atoms with E-state index in [0.717, 1.165) is 115 Å². The lowest BCUT2D eigenvalue weighted by molar-refractivity contribution is -0.161. The van der Waals surface area contributed by atoms with Gasteiger partial charge in [0.25, 0.3) is 0 Å². The summed E-state index contributed by atoms with van der Waals surface area (Å²) in [4.78, 5) is 72.7. The molecule has 0 aliphatic rings. The molecule has 558 valence electrons. The summed E-state index contributed by atoms with van der Waals surface area (Å²) in [6.45, 7) is 9.61. The van der Waals surface area contributed by atoms with Crippen LogP contribution in [-0.4, -0.2) is 96.7 Å². The summed E-state index contributed by atoms with van der Waals surface area (Å²) < 4.78 is 68.4. The van der Waals surface area contributed by atoms with Gasteiger partial charge in [-0.1, -0.05) is 337 Å². The molecule has 0 aliphatic heterocycles. The molecule has 0 aromatic carbocycles. The van der Waals surface area contributed by atoms with Crippen molar-refractivity contribution in [3.8, 4) is 0 Å². The minimum atomic E-state index is -4.96. The molecule has 3 N–H and O–H groups in total. The maximum atomic E-state index is 13.1. The first-order valence-corrected chi connectivity index (χ1v) is 42.0. The van der Waals surface area contributed by atoms with Gasteiger partial charge in [0.15, 0.2) is 12.2 Å². The van der Waals surface area contributed by atoms with Crippen LogP contribution in [0.4, 0.5) is 0 Å². The quantitative estimate of drug-likeness (QED) is 0.0222. The summed E-state index contributed by atoms with van der Waals surface area (Å²) >= 11 is 0. The number of phosphoric ester groups is 2. The molecule has 94 heavy (non-hydrogen) atoms. The number of hydrogen-bond acceptors (Lipinski definition) is 15. The molecule has 0 bridgehead atoms. The number of carbonyl (C=O) groups excluding carboxylic acids is 4. The van der Waals surface area contributed by atoms with Crippen molar-refractivity contribution in [1.82, 2.24) is 0 Å². The average molecular weight is 1380 g/mol. The Morgan fingerprint density at radius 2 is 0.543 bits per heavy atom. The lowest BCUT2D eigenvalue weighted by atomic mass is 9.99. The number of unbranched alkanes of at least 4 members (excludes halogenated alkanes) is 43. The molecule has 0 aliphatic carbocycles. The third-order valence-corrected chi connectivity index (χ3v) is 19.7. The van der Waals surface area contributed by atoms with E-state index in [1.54, 1.807) is 0 Å². The highest BCUT2D eigenvalue weighted by molar-refractivity contribution is 7.47. The normalized spacial score (nSPS) is 14.3. The molecule has 0 radical (unpaired) electrons. The first kappa shape index (κ1) is 92.1. The number of rotatable bonds is 74. The van der Waals surface area contributed by atoms with Crippen LogP contribution in [0.25, 0.3) is 0 Å². The smallest absolute Gasteiger partial charge is 0.462 e. The monoisotopic (exact) mass is 1380 g/mol. The van der Waals surface area contributed by atoms with Crippen LogP contribution in [0.3, 0.4) is 0 Å². The third-order valence-electron chi connectivity index (χ3n) is 17.8. The second-order valence-corrected chi connectivity index (χ2v) is 30.7. The number of hydrogen-bond donors (Lipinski definition) is 3. The van der Waals surface area contributed by atoms with Crippen LogP contribution in [-0.2, 0) is 65.4 Å². The topological polar surface area (TPSA) is 237 Å². The molecule has 3 unspecified atom stereocenters. The largest absolute Gasteiger partial charge is 0.472 e. The molecule has 6 atom stereocenters. The first-order valence-electron chi connectivity index (χ1n) is 39.0. The minimum absolute atomic E-state index is 0.106. The SMILES string of the molecule is CCCCCCCCCCCCCCCCCC(=O)OC[C@H](COP(=O)(O)OC[C@@H](O)COP(=O)(O)OC[C@@H](COC(=O)CCCCCCCCC)OC(=O)CCCCCCCCCCCCCC(C)C)OC(=O)CCCCCCCCCCCCCCCCC(C)CC. The highest BCUT2D eigenvalue weighted by Gasteiger charge is 2.30. The van der Waals surface area contributed by atoms with Crippen LogP contribution >= 0.6 is 15.6 Å². The van der Waals surface area contributed by atoms with Crippen LogP contribution < -0.4 is 0 Å². The number of aliphatic hydroxyl groups is 1. The van der Waals surface area contributed by atoms with Crippen molar-refractivity contribution in [1.29, 1.82) is 0 Å². The van der Waals surface area contributed by atoms with Crippen LogP contribution in [0.15, 0.2) is 0 Å². The second kappa shape index (κ2) is 66.9. The summed E-state index contributed by atoms with van der Waals surface area (Å²) in [5.41, 5.74) is 0. The van der Waals surface area contributed by atoms with Gasteiger partial charge in [0.2, 0.25) is 0 Å². The van der Waals surface area contributed by atoms with Crippen LogP contribution in [0.2, 0.25) is 0 Å². The van der Waals surface area contributed by atoms with Gasteiger partial charge in [0.05, 0.1) is 26.4 Å². The predicted octanol–water partition coefficient (Wildman–Crippen LogP) is 21.9. The van der Waals surface area contributed by atoms with E-state index in [-0.39, 0.29) is 25.7 Å². The Balaban J connectivity index is 5.20. The second-order valence-electron chi connectivity index (χ2n) is 27.8. The molecular formula is C75H146O17P2. The molecule has 0 rings (SSSR count). The highest BCUT2D eigenvalue weighted by atomic mass is 31.2. The lowest BCUT2D eigenvalue weighted by Gasteiger charge is -2.21. The van der Waals surface area contributed by atoms with Crippen molar-refractivity contribution in [2.24, 2.45) is 11.8 Å². The standard InChI is InChI=1S/C75H146O17P2/c1-7-10-12-14-16-17-18-19-20-24-29-34-40-46-52-58-73(78)86-64-71(92-74(79)59-53-47-41-35-30-25-22-21-23-28-33-39-44-50-56-68(6)9-3)66-90-94(83,84)88-62-69(76)61-87-93(81,82)89-65-70(63-85-72(77)57-51-45-37-15-13-11-8-2)91-75(80)60-54-48-42-36-31-26-27-32-38-43-49-55-67(4)5/h67-71,76H,7-66H2,1-6H3,(H,81,82)(H,83,84)/t68?,69-,70+,71+/m0/s1. The van der Waals surface area contributed by atoms with Crippen LogP contribution in [0.5, 0.6) is 0 Å². The fourth-order valence-corrected chi connectivity index (χ4v) is 13.0. The Morgan fingerprint density at radius 3 is 0.809 bits per heavy atom. The minimum Gasteiger partial charge on any atom is -0.462 e. The van der Waals surface area contributed by atoms with Gasteiger partial charge < -0.3 is 33.8 Å². The van der Waals surface area contributed by atoms with Crippen LogP contribution in [0, 0.1) is 11.8 Å². The summed E-state index contributed by atoms with van der Waals surface area (Å²) in [6, 6.07) is 0. The van der Waals surface area contributed by atoms with Gasteiger partial charge in [-0.2, -0.15) is 0 Å². The molecule has 19 heteroatoms. The first-order chi connectivity index (χ1) is 45.4. The Hall–Kier alpha value is -1.94. The maximum Gasteiger partial charge on any atom is 0.472 e. The van der Waals surface area contributed by atoms with E-state index >= 15 is 0 Å². The van der Waals surface area contributed by atoms with Gasteiger partial charge in [-0.15, -0.1) is 0 Å². The van der Waals surface area contributed by atoms with Crippen LogP contribution in [0.1, 0.15) is 388 Å². The molecule has 0 heterocycles. The summed E-state index contributed by atoms with van der Waals surface area (Å²) in [5, 5.41) is 10.6. The summed E-state index contributed by atoms with van der Waals surface area (Å²) in [5.74, 6) is -0.509. The Bertz CT molecular complexity index is 1820. The van der Waals surface area contributed by atoms with E-state index in [1.807, 2.05) is 0 Å². The summed E-state index contributed by atoms with van der Waals surface area (Å²) in [6.07, 6.45) is 54.1. The zero-order valence-electron chi connectivity index (χ0n) is 61.3. The Labute approximate surface area is 575 Å².